The van der Waals surface area contributed by atoms with Gasteiger partial charge in [0.25, 0.3) is 0 Å². The number of rotatable bonds is 11. The van der Waals surface area contributed by atoms with Gasteiger partial charge in [-0.15, -0.1) is 0 Å². The number of aromatic nitrogens is 2. The number of aliphatic hydroxyl groups excluding tert-OH is 2. The lowest BCUT2D eigenvalue weighted by molar-refractivity contribution is -0.179. The van der Waals surface area contributed by atoms with E-state index in [4.69, 9.17) is 9.47 Å². The summed E-state index contributed by atoms with van der Waals surface area (Å²) in [6, 6.07) is 37.6. The minimum atomic E-state index is -2.06. The fourth-order valence-electron chi connectivity index (χ4n) is 11.0. The zero-order chi connectivity index (χ0) is 49.1. The van der Waals surface area contributed by atoms with Gasteiger partial charge in [-0.3, -0.25) is 19.3 Å². The molecule has 0 radical (unpaired) electrons. The zero-order valence-electron chi connectivity index (χ0n) is 39.1. The Kier molecular flexibility index (Phi) is 13.3. The third kappa shape index (κ3) is 8.43. The molecule has 360 valence electrons. The van der Waals surface area contributed by atoms with E-state index in [0.29, 0.717) is 47.0 Å². The van der Waals surface area contributed by atoms with Crippen LogP contribution in [0.4, 0.5) is 16.4 Å². The number of benzene rings is 5. The number of morpholine rings is 1. The van der Waals surface area contributed by atoms with Crippen LogP contribution in [0.25, 0.3) is 0 Å². The SMILES string of the molecule is C[C@@H](NC(=O)N1C(=O)[C@@]2(c3cc(C#CCCO)ccc31)[C@H](c1ccccc1OCCO)N1[C@H](c3ccccc3)[C@H](c3ccccc3)OC(=O)[C@H]1[C@@H]2C(=O)N1CCN(c2ncccn2)CC1)c1ccccc1. The molecule has 1 aromatic heterocycles. The van der Waals surface area contributed by atoms with Crippen molar-refractivity contribution in [2.45, 2.75) is 49.0 Å². The van der Waals surface area contributed by atoms with Crippen molar-refractivity contribution in [1.82, 2.24) is 25.1 Å². The predicted molar refractivity (Wildman–Crippen MR) is 264 cm³/mol. The summed E-state index contributed by atoms with van der Waals surface area (Å²) in [5, 5.41) is 23.0. The Hall–Kier alpha value is -7.90. The lowest BCUT2D eigenvalue weighted by atomic mass is 9.64. The molecule has 15 heteroatoms. The third-order valence-corrected chi connectivity index (χ3v) is 14.0. The Morgan fingerprint density at radius 1 is 0.803 bits per heavy atom. The largest absolute Gasteiger partial charge is 0.491 e. The van der Waals surface area contributed by atoms with E-state index in [-0.39, 0.29) is 45.0 Å². The predicted octanol–water partition coefficient (Wildman–Crippen LogP) is 6.07. The number of carbonyl (C=O) groups excluding carboxylic acids is 4. The molecule has 3 N–H and O–H groups in total. The summed E-state index contributed by atoms with van der Waals surface area (Å²) in [6.07, 6.45) is 2.56. The number of fused-ring (bicyclic) bond motifs is 3. The third-order valence-electron chi connectivity index (χ3n) is 14.0. The van der Waals surface area contributed by atoms with Gasteiger partial charge in [-0.1, -0.05) is 121 Å². The van der Waals surface area contributed by atoms with Crippen LogP contribution in [0.2, 0.25) is 0 Å². The van der Waals surface area contributed by atoms with Crippen LogP contribution in [0.5, 0.6) is 5.75 Å². The van der Waals surface area contributed by atoms with Gasteiger partial charge < -0.3 is 34.8 Å². The van der Waals surface area contributed by atoms with Gasteiger partial charge in [-0.05, 0) is 59.5 Å². The molecule has 0 unspecified atom stereocenters. The van der Waals surface area contributed by atoms with E-state index in [0.717, 1.165) is 16.0 Å². The smallest absolute Gasteiger partial charge is 0.329 e. The fourth-order valence-corrected chi connectivity index (χ4v) is 11.0. The van der Waals surface area contributed by atoms with Gasteiger partial charge in [0.05, 0.1) is 42.9 Å². The van der Waals surface area contributed by atoms with Crippen LogP contribution >= 0.6 is 0 Å². The number of ether oxygens (including phenoxy) is 2. The monoisotopic (exact) mass is 951 g/mol. The summed E-state index contributed by atoms with van der Waals surface area (Å²) < 4.78 is 13.0. The molecule has 71 heavy (non-hydrogen) atoms. The second-order valence-electron chi connectivity index (χ2n) is 18.0. The summed E-state index contributed by atoms with van der Waals surface area (Å²) in [4.78, 5) is 79.7. The minimum Gasteiger partial charge on any atom is -0.491 e. The number of hydrogen-bond acceptors (Lipinski definition) is 12. The highest BCUT2D eigenvalue weighted by Crippen LogP contribution is 2.67. The number of nitrogens with one attached hydrogen (secondary N) is 1. The van der Waals surface area contributed by atoms with Gasteiger partial charge in [-0.25, -0.2) is 19.7 Å². The molecule has 15 nitrogen and oxygen atoms in total. The first-order valence-electron chi connectivity index (χ1n) is 23.9. The van der Waals surface area contributed by atoms with E-state index in [1.807, 2.05) is 120 Å². The molecule has 0 bridgehead atoms. The van der Waals surface area contributed by atoms with E-state index < -0.39 is 65.4 Å². The Bertz CT molecular complexity index is 2970. The molecule has 4 aliphatic rings. The number of amides is 4. The standard InChI is InChI=1S/C56H53N7O8/c1-37(39-17-5-2-6-18-39)59-55(69)62-44-26-25-38(16-13-14-33-64)36-43(44)56(53(62)68)46(51(66)60-29-31-61(32-30-60)54-57-27-15-28-58-54)48-52(67)71-49(41-21-9-4-10-22-41)47(40-19-7-3-8-20-40)63(48)50(56)42-23-11-12-24-45(42)70-35-34-65/h2-12,15,17-28,36-37,46-50,64-65H,14,29-35H2,1H3,(H,59,69)/t37-,46-,47-,48-,49+,50+,56-/m1/s1. The maximum atomic E-state index is 16.8. The number of para-hydroxylation sites is 1. The Labute approximate surface area is 411 Å². The number of nitrogens with zero attached hydrogens (tertiary/aromatic N) is 6. The highest BCUT2D eigenvalue weighted by molar-refractivity contribution is 6.24. The van der Waals surface area contributed by atoms with E-state index in [2.05, 4.69) is 27.1 Å². The Morgan fingerprint density at radius 2 is 1.46 bits per heavy atom. The summed E-state index contributed by atoms with van der Waals surface area (Å²) in [7, 11) is 0. The summed E-state index contributed by atoms with van der Waals surface area (Å²) >= 11 is 0. The first-order valence-corrected chi connectivity index (χ1v) is 23.9. The molecule has 0 aliphatic carbocycles. The van der Waals surface area contributed by atoms with Crippen molar-refractivity contribution in [3.05, 3.63) is 185 Å². The maximum absolute atomic E-state index is 16.8. The Balaban J connectivity index is 1.25. The molecular weight excluding hydrogens is 899 g/mol. The van der Waals surface area contributed by atoms with Gasteiger partial charge >= 0.3 is 12.0 Å². The summed E-state index contributed by atoms with van der Waals surface area (Å²) in [5.41, 5.74) is 1.62. The molecule has 3 saturated heterocycles. The van der Waals surface area contributed by atoms with Crippen molar-refractivity contribution in [2.24, 2.45) is 5.92 Å². The van der Waals surface area contributed by atoms with Gasteiger partial charge in [0.1, 0.15) is 29.9 Å². The van der Waals surface area contributed by atoms with Crippen LogP contribution in [0.1, 0.15) is 71.0 Å². The summed E-state index contributed by atoms with van der Waals surface area (Å²) in [6.45, 7) is 2.35. The van der Waals surface area contributed by atoms with Crippen LogP contribution < -0.4 is 19.9 Å². The lowest BCUT2D eigenvalue weighted by Crippen LogP contribution is -2.59. The maximum Gasteiger partial charge on any atom is 0.329 e. The van der Waals surface area contributed by atoms with Crippen LogP contribution in [0.15, 0.2) is 152 Å². The number of anilines is 2. The lowest BCUT2D eigenvalue weighted by Gasteiger charge is -2.46. The van der Waals surface area contributed by atoms with Crippen molar-refractivity contribution >= 4 is 35.5 Å². The first kappa shape index (κ1) is 46.8. The molecule has 6 aromatic rings. The molecule has 5 aromatic carbocycles. The second-order valence-corrected chi connectivity index (χ2v) is 18.0. The minimum absolute atomic E-state index is 0.101. The van der Waals surface area contributed by atoms with Crippen molar-refractivity contribution in [1.29, 1.82) is 0 Å². The molecule has 5 heterocycles. The first-order chi connectivity index (χ1) is 34.8. The molecular formula is C56H53N7O8. The van der Waals surface area contributed by atoms with Crippen molar-refractivity contribution in [2.75, 3.05) is 55.8 Å². The number of urea groups is 1. The molecule has 10 rings (SSSR count). The number of carbonyl (C=O) groups is 4. The van der Waals surface area contributed by atoms with Crippen LogP contribution in [0.3, 0.4) is 0 Å². The number of hydrogen-bond donors (Lipinski definition) is 3. The molecule has 4 amide bonds. The number of cyclic esters (lactones) is 1. The molecule has 1 spiro atoms. The number of piperazine rings is 1. The quantitative estimate of drug-likeness (QED) is 0.101. The number of aliphatic hydroxyl groups is 2. The highest BCUT2D eigenvalue weighted by atomic mass is 16.6. The van der Waals surface area contributed by atoms with Gasteiger partial charge in [0, 0.05) is 56.1 Å². The van der Waals surface area contributed by atoms with Crippen LogP contribution in [-0.2, 0) is 24.5 Å². The van der Waals surface area contributed by atoms with Crippen LogP contribution in [0, 0.1) is 17.8 Å². The van der Waals surface area contributed by atoms with E-state index in [9.17, 15) is 10.2 Å². The molecule has 4 aliphatic heterocycles. The summed E-state index contributed by atoms with van der Waals surface area (Å²) in [5.74, 6) is 3.52. The molecule has 0 saturated carbocycles. The zero-order valence-corrected chi connectivity index (χ0v) is 39.1. The Morgan fingerprint density at radius 3 is 2.15 bits per heavy atom. The molecule has 3 fully saturated rings. The number of imide groups is 1. The topological polar surface area (TPSA) is 178 Å². The van der Waals surface area contributed by atoms with E-state index in [1.165, 1.54) is 0 Å². The fraction of sp³-hybridized carbons (Fsp3) is 0.286. The average Bonchev–Trinajstić information content (AvgIpc) is 3.87. The van der Waals surface area contributed by atoms with Crippen LogP contribution in [-0.4, -0.2) is 106 Å². The highest BCUT2D eigenvalue weighted by Gasteiger charge is 2.76. The second kappa shape index (κ2) is 20.2. The van der Waals surface area contributed by atoms with Gasteiger partial charge in [-0.2, -0.15) is 0 Å². The molecule has 7 atom stereocenters. The van der Waals surface area contributed by atoms with Crippen molar-refractivity contribution < 1.29 is 38.9 Å². The van der Waals surface area contributed by atoms with Crippen molar-refractivity contribution in [3.63, 3.8) is 0 Å². The van der Waals surface area contributed by atoms with E-state index >= 15 is 19.2 Å². The number of esters is 1. The van der Waals surface area contributed by atoms with Crippen molar-refractivity contribution in [3.8, 4) is 17.6 Å². The van der Waals surface area contributed by atoms with Gasteiger partial charge in [0.2, 0.25) is 17.8 Å². The van der Waals surface area contributed by atoms with E-state index in [1.54, 1.807) is 53.7 Å². The van der Waals surface area contributed by atoms with Gasteiger partial charge in [0.15, 0.2) is 0 Å². The normalized spacial score (nSPS) is 23.0. The average molecular weight is 952 g/mol.